The average Bonchev–Trinajstić information content (AvgIpc) is 0.896. The molecular formula is C93H176O15Si6. The Labute approximate surface area is 708 Å². The van der Waals surface area contributed by atoms with Crippen LogP contribution in [0.25, 0.3) is 0 Å². The minimum atomic E-state index is -3.76. The number of benzene rings is 5. The zero-order valence-corrected chi connectivity index (χ0v) is 86.4. The summed E-state index contributed by atoms with van der Waals surface area (Å²) >= 11 is 0. The molecule has 5 rings (SSSR count). The maximum atomic E-state index is 8.54. The second kappa shape index (κ2) is 61.1. The summed E-state index contributed by atoms with van der Waals surface area (Å²) in [5.74, 6) is 3.13. The molecular weight excluding hydrogens is 1530 g/mol. The van der Waals surface area contributed by atoms with Crippen molar-refractivity contribution >= 4 is 77.3 Å². The van der Waals surface area contributed by atoms with E-state index in [2.05, 4.69) is 244 Å². The highest BCUT2D eigenvalue weighted by Gasteiger charge is 2.43. The van der Waals surface area contributed by atoms with Gasteiger partial charge in [0.1, 0.15) is 0 Å². The normalized spacial score (nSPS) is 13.6. The number of rotatable bonds is 35. The number of hydrogen-bond donors (Lipinski definition) is 3. The third kappa shape index (κ3) is 49.5. The molecule has 0 aliphatic rings. The van der Waals surface area contributed by atoms with Crippen molar-refractivity contribution in [2.45, 2.75) is 337 Å². The van der Waals surface area contributed by atoms with Crippen molar-refractivity contribution in [3.05, 3.63) is 149 Å². The lowest BCUT2D eigenvalue weighted by Crippen LogP contribution is -2.56. The Morgan fingerprint density at radius 1 is 0.254 bits per heavy atom. The Morgan fingerprint density at radius 3 is 0.553 bits per heavy atom. The lowest BCUT2D eigenvalue weighted by Gasteiger charge is -2.28. The summed E-state index contributed by atoms with van der Waals surface area (Å²) in [6, 6.07) is 44.2. The predicted molar refractivity (Wildman–Crippen MR) is 505 cm³/mol. The largest absolute Gasteiger partial charge is 0.537 e. The third-order valence-corrected chi connectivity index (χ3v) is 36.4. The van der Waals surface area contributed by atoms with Crippen molar-refractivity contribution in [1.29, 1.82) is 0 Å². The summed E-state index contributed by atoms with van der Waals surface area (Å²) in [4.78, 5) is 25.6. The van der Waals surface area contributed by atoms with Crippen molar-refractivity contribution in [3.63, 3.8) is 0 Å². The molecule has 0 radical (unpaired) electrons. The molecule has 114 heavy (non-hydrogen) atoms. The van der Waals surface area contributed by atoms with Crippen LogP contribution < -0.4 is 25.9 Å². The van der Waals surface area contributed by atoms with Crippen molar-refractivity contribution in [2.75, 3.05) is 80.8 Å². The van der Waals surface area contributed by atoms with Gasteiger partial charge in [-0.15, -0.1) is 0 Å². The molecule has 0 saturated carbocycles. The third-order valence-electron chi connectivity index (χ3n) is 20.1. The van der Waals surface area contributed by atoms with Gasteiger partial charge in [-0.2, -0.15) is 0 Å². The van der Waals surface area contributed by atoms with Crippen LogP contribution in [0.15, 0.2) is 121 Å². The first-order chi connectivity index (χ1) is 52.9. The zero-order chi connectivity index (χ0) is 89.0. The summed E-state index contributed by atoms with van der Waals surface area (Å²) in [7, 11) is -9.06. The fourth-order valence-corrected chi connectivity index (χ4v) is 21.8. The number of methoxy groups -OCH3 is 3. The molecule has 6 atom stereocenters. The van der Waals surface area contributed by atoms with Crippen molar-refractivity contribution in [1.82, 2.24) is 0 Å². The van der Waals surface area contributed by atoms with E-state index in [0.29, 0.717) is 82.3 Å². The van der Waals surface area contributed by atoms with E-state index in [4.69, 9.17) is 68.4 Å². The molecule has 0 saturated heterocycles. The SMILES string of the molecule is CCC(C)[Si](O)(O)O.CCO[Si](C)(C)c1ccc(C(C)CC)cc1.CCO[Si](C)(C)c1ccc(C(C)CC)cc1.CCO[Si](C)(OCC)c1ccc(C(C)CC)cc1.CCO[Si](C)(OCC)c1ccc(C(C)CC)cc1.CCO[Si](OCC)(OCC)c1ccc(C(C)CC)cc1.COC(C)(C)C.COC(C)(C)C.COC(C)(C)C. The molecule has 0 aliphatic carbocycles. The fraction of sp³-hybridized carbons (Fsp3) is 0.677. The van der Waals surface area contributed by atoms with Gasteiger partial charge in [-0.05, 0) is 281 Å². The van der Waals surface area contributed by atoms with E-state index in [-0.39, 0.29) is 22.3 Å². The van der Waals surface area contributed by atoms with Gasteiger partial charge in [0.25, 0.3) is 0 Å². The molecule has 5 aromatic carbocycles. The molecule has 5 aromatic rings. The molecule has 0 amide bonds. The van der Waals surface area contributed by atoms with Crippen LogP contribution in [0.1, 0.15) is 304 Å². The van der Waals surface area contributed by atoms with Crippen molar-refractivity contribution in [3.8, 4) is 0 Å². The van der Waals surface area contributed by atoms with Crippen LogP contribution >= 0.6 is 0 Å². The quantitative estimate of drug-likeness (QED) is 0.0327. The molecule has 15 nitrogen and oxygen atoms in total. The molecule has 0 aromatic heterocycles. The van der Waals surface area contributed by atoms with E-state index in [1.165, 1.54) is 74.2 Å². The molecule has 0 heterocycles. The molecule has 0 bridgehead atoms. The first-order valence-corrected chi connectivity index (χ1v) is 57.1. The van der Waals surface area contributed by atoms with Gasteiger partial charge in [0.05, 0.1) is 16.8 Å². The maximum absolute atomic E-state index is 8.54. The standard InChI is InChI=1S/C16H28O3Si.2C15H26O2Si.2C14H24OSi.3C5H12O.C4H12O3Si/c1-6-14(5)15-10-12-16(13-11-15)20(17-7-2,18-8-3)19-9-4;2*1-6-13(4)14-9-11-15(12-10-14)18(5,16-7-2)17-8-3;2*1-6-12(3)13-8-10-14(11-9-13)16(4,5)15-7-2;3*1-5(2,3)6-4;1-3-4(2)8(5,6)7/h10-14H,6-9H2,1-5H3;2*9-13H,6-8H2,1-5H3;2*8-12H,6-7H2,1-5H3;3*1-4H3;4-7H,3H2,1-2H3. The summed E-state index contributed by atoms with van der Waals surface area (Å²) in [6.07, 6.45) is 6.49. The van der Waals surface area contributed by atoms with Gasteiger partial charge >= 0.3 is 34.7 Å². The van der Waals surface area contributed by atoms with Crippen LogP contribution in [0.4, 0.5) is 0 Å². The minimum absolute atomic E-state index is 0.0417. The molecule has 662 valence electrons. The van der Waals surface area contributed by atoms with Crippen LogP contribution in [-0.4, -0.2) is 163 Å². The van der Waals surface area contributed by atoms with Crippen LogP contribution in [-0.2, 0) is 54.0 Å². The monoisotopic (exact) mass is 1700 g/mol. The van der Waals surface area contributed by atoms with Gasteiger partial charge in [-0.1, -0.05) is 204 Å². The molecule has 0 fully saturated rings. The Hall–Kier alpha value is -3.20. The van der Waals surface area contributed by atoms with Gasteiger partial charge in [-0.25, -0.2) is 0 Å². The predicted octanol–water partition coefficient (Wildman–Crippen LogP) is 21.9. The summed E-state index contributed by atoms with van der Waals surface area (Å²) in [6.45, 7) is 81.7. The van der Waals surface area contributed by atoms with Crippen LogP contribution in [0.3, 0.4) is 0 Å². The van der Waals surface area contributed by atoms with Gasteiger partial charge in [0.2, 0.25) is 16.6 Å². The zero-order valence-electron chi connectivity index (χ0n) is 80.4. The maximum Gasteiger partial charge on any atom is 0.537 e. The van der Waals surface area contributed by atoms with Crippen LogP contribution in [0, 0.1) is 0 Å². The van der Waals surface area contributed by atoms with Gasteiger partial charge < -0.3 is 68.4 Å². The van der Waals surface area contributed by atoms with Gasteiger partial charge in [-0.3, -0.25) is 0 Å². The Balaban J connectivity index is -0.000000616. The highest BCUT2D eigenvalue weighted by atomic mass is 28.4. The highest BCUT2D eigenvalue weighted by Crippen LogP contribution is 2.24. The molecule has 21 heteroatoms. The number of hydrogen-bond acceptors (Lipinski definition) is 15. The summed E-state index contributed by atoms with van der Waals surface area (Å²) in [5, 5.41) is 6.27. The Morgan fingerprint density at radius 2 is 0.421 bits per heavy atom. The smallest absolute Gasteiger partial charge is 0.413 e. The van der Waals surface area contributed by atoms with Crippen LogP contribution in [0.2, 0.25) is 44.8 Å². The topological polar surface area (TPSA) is 171 Å². The van der Waals surface area contributed by atoms with E-state index < -0.39 is 51.4 Å². The van der Waals surface area contributed by atoms with Crippen LogP contribution in [0.5, 0.6) is 0 Å². The fourth-order valence-electron chi connectivity index (χ4n) is 10.5. The molecule has 0 spiro atoms. The highest BCUT2D eigenvalue weighted by molar-refractivity contribution is 6.85. The second-order valence-electron chi connectivity index (χ2n) is 33.0. The lowest BCUT2D eigenvalue weighted by molar-refractivity contribution is 0.0394. The molecule has 0 aliphatic heterocycles. The van der Waals surface area contributed by atoms with Gasteiger partial charge in [0.15, 0.2) is 0 Å². The first-order valence-electron chi connectivity index (χ1n) is 43.1. The van der Waals surface area contributed by atoms with E-state index in [1.54, 1.807) is 35.2 Å². The lowest BCUT2D eigenvalue weighted by atomic mass is 9.99. The first kappa shape index (κ1) is 117. The Kier molecular flexibility index (Phi) is 62.8. The summed E-state index contributed by atoms with van der Waals surface area (Å²) < 4.78 is 67.9. The van der Waals surface area contributed by atoms with Gasteiger partial charge in [0, 0.05) is 91.5 Å². The number of ether oxygens (including phenoxy) is 3. The van der Waals surface area contributed by atoms with E-state index >= 15 is 0 Å². The van der Waals surface area contributed by atoms with E-state index in [1.807, 2.05) is 111 Å². The van der Waals surface area contributed by atoms with Crippen molar-refractivity contribution < 1.29 is 68.4 Å². The van der Waals surface area contributed by atoms with E-state index in [0.717, 1.165) is 24.8 Å². The molecule has 6 unspecified atom stereocenters. The van der Waals surface area contributed by atoms with E-state index in [9.17, 15) is 0 Å². The van der Waals surface area contributed by atoms with Crippen molar-refractivity contribution in [2.24, 2.45) is 0 Å². The summed E-state index contributed by atoms with van der Waals surface area (Å²) in [5.41, 5.74) is 6.79. The Bertz CT molecular complexity index is 2880. The minimum Gasteiger partial charge on any atom is -0.413 e. The molecule has 3 N–H and O–H groups in total. The second-order valence-corrected chi connectivity index (χ2v) is 51.7. The average molecular weight is 1700 g/mol.